The number of hydrogen-bond donors (Lipinski definition) is 0. The molecule has 0 aliphatic rings. The maximum absolute atomic E-state index is 4.80. The van der Waals surface area contributed by atoms with Crippen LogP contribution in [0.2, 0.25) is 13.3 Å². The number of unbranched alkanes of at least 4 members (excludes halogenated alkanes) is 3. The molecule has 6 heterocycles. The Balaban J connectivity index is 0.000000177. The zero-order valence-corrected chi connectivity index (χ0v) is 36.8. The Kier molecular flexibility index (Phi) is 16.8. The fourth-order valence-corrected chi connectivity index (χ4v) is 22.5. The fraction of sp³-hybridized carbons (Fsp3) is 0.364. The van der Waals surface area contributed by atoms with E-state index in [-0.39, 0.29) is 0 Å². The SMILES string of the molecule is CCC[CH2][Sn]([CH2]CCC)([CH2]CCC)[c]1ccccn1.Cc1ccc(C)n1-c1ccc(-c2ccccn2)nc1.Cc1ccc(C)n1-c1ccc(Br)nc1. The molecule has 6 aromatic heterocycles. The van der Waals surface area contributed by atoms with Crippen molar-refractivity contribution in [2.24, 2.45) is 0 Å². The van der Waals surface area contributed by atoms with E-state index < -0.39 is 18.4 Å². The van der Waals surface area contributed by atoms with E-state index in [1.807, 2.05) is 48.9 Å². The van der Waals surface area contributed by atoms with Crippen molar-refractivity contribution in [3.05, 3.63) is 137 Å². The molecule has 8 heteroatoms. The first kappa shape index (κ1) is 41.2. The van der Waals surface area contributed by atoms with E-state index in [4.69, 9.17) is 4.98 Å². The van der Waals surface area contributed by atoms with Gasteiger partial charge < -0.3 is 9.13 Å². The monoisotopic (exact) mass is 868 g/mol. The molecule has 0 spiro atoms. The van der Waals surface area contributed by atoms with Gasteiger partial charge in [0.1, 0.15) is 4.60 Å². The first-order valence-electron chi connectivity index (χ1n) is 18.9. The molecule has 0 aliphatic carbocycles. The molecular formula is C44H57BrN6Sn. The maximum Gasteiger partial charge on any atom is 0.106 e. The van der Waals surface area contributed by atoms with Crippen LogP contribution in [0.15, 0.2) is 114 Å². The predicted molar refractivity (Wildman–Crippen MR) is 226 cm³/mol. The number of aryl methyl sites for hydroxylation is 4. The third-order valence-electron chi connectivity index (χ3n) is 9.68. The number of halogens is 1. The normalized spacial score (nSPS) is 11.0. The van der Waals surface area contributed by atoms with Crippen molar-refractivity contribution < 1.29 is 0 Å². The van der Waals surface area contributed by atoms with E-state index in [0.717, 1.165) is 27.4 Å². The molecule has 0 bridgehead atoms. The maximum atomic E-state index is 4.80. The van der Waals surface area contributed by atoms with Crippen molar-refractivity contribution in [2.45, 2.75) is 100 Å². The first-order chi connectivity index (χ1) is 25.2. The number of pyridine rings is 4. The van der Waals surface area contributed by atoms with Gasteiger partial charge in [0, 0.05) is 29.0 Å². The average Bonchev–Trinajstić information content (AvgIpc) is 3.71. The van der Waals surface area contributed by atoms with Crippen LogP contribution >= 0.6 is 15.9 Å². The molecule has 0 fully saturated rings. The van der Waals surface area contributed by atoms with Crippen LogP contribution in [-0.2, 0) is 0 Å². The van der Waals surface area contributed by atoms with Crippen LogP contribution < -0.4 is 3.71 Å². The van der Waals surface area contributed by atoms with Crippen molar-refractivity contribution in [1.82, 2.24) is 29.1 Å². The molecule has 52 heavy (non-hydrogen) atoms. The van der Waals surface area contributed by atoms with Crippen molar-refractivity contribution in [3.63, 3.8) is 0 Å². The van der Waals surface area contributed by atoms with Crippen LogP contribution in [0.1, 0.15) is 82.1 Å². The Bertz CT molecular complexity index is 1820. The number of nitrogens with zero attached hydrogens (tertiary/aromatic N) is 6. The van der Waals surface area contributed by atoms with Gasteiger partial charge in [0.25, 0.3) is 0 Å². The second kappa shape index (κ2) is 21.2. The van der Waals surface area contributed by atoms with E-state index in [1.54, 1.807) is 9.91 Å². The second-order valence-corrected chi connectivity index (χ2v) is 27.5. The van der Waals surface area contributed by atoms with Gasteiger partial charge in [0.05, 0.1) is 35.2 Å². The molecule has 0 radical (unpaired) electrons. The minimum atomic E-state index is -2.21. The van der Waals surface area contributed by atoms with Gasteiger partial charge in [0.2, 0.25) is 0 Å². The fourth-order valence-electron chi connectivity index (χ4n) is 6.82. The Morgan fingerprint density at radius 1 is 0.500 bits per heavy atom. The number of rotatable bonds is 13. The Morgan fingerprint density at radius 3 is 1.35 bits per heavy atom. The summed E-state index contributed by atoms with van der Waals surface area (Å²) in [6, 6.07) is 29.0. The largest absolute Gasteiger partial charge is 0.317 e. The molecule has 0 aliphatic heterocycles. The van der Waals surface area contributed by atoms with Gasteiger partial charge in [-0.05, 0) is 104 Å². The van der Waals surface area contributed by atoms with Crippen LogP contribution in [0.4, 0.5) is 0 Å². The van der Waals surface area contributed by atoms with Crippen LogP contribution in [0.5, 0.6) is 0 Å². The van der Waals surface area contributed by atoms with Gasteiger partial charge in [-0.2, -0.15) is 0 Å². The molecule has 0 saturated carbocycles. The summed E-state index contributed by atoms with van der Waals surface area (Å²) < 4.78 is 11.3. The van der Waals surface area contributed by atoms with Crippen LogP contribution in [0.25, 0.3) is 22.8 Å². The van der Waals surface area contributed by atoms with Gasteiger partial charge in [-0.25, -0.2) is 4.98 Å². The van der Waals surface area contributed by atoms with Crippen molar-refractivity contribution in [2.75, 3.05) is 0 Å². The minimum absolute atomic E-state index is 0.865. The zero-order valence-electron chi connectivity index (χ0n) is 32.3. The summed E-state index contributed by atoms with van der Waals surface area (Å²) in [6.07, 6.45) is 15.8. The minimum Gasteiger partial charge on any atom is -0.317 e. The molecule has 274 valence electrons. The predicted octanol–water partition coefficient (Wildman–Crippen LogP) is 11.9. The third kappa shape index (κ3) is 11.5. The molecular weight excluding hydrogens is 811 g/mol. The van der Waals surface area contributed by atoms with Crippen molar-refractivity contribution in [1.29, 1.82) is 0 Å². The Hall–Kier alpha value is -3.56. The van der Waals surface area contributed by atoms with Crippen molar-refractivity contribution in [3.8, 4) is 22.8 Å². The van der Waals surface area contributed by atoms with Crippen molar-refractivity contribution >= 4 is 38.0 Å². The molecule has 6 nitrogen and oxygen atoms in total. The average molecular weight is 869 g/mol. The Morgan fingerprint density at radius 2 is 0.962 bits per heavy atom. The third-order valence-corrected chi connectivity index (χ3v) is 25.3. The number of aromatic nitrogens is 6. The summed E-state index contributed by atoms with van der Waals surface area (Å²) in [7, 11) is 0. The summed E-state index contributed by atoms with van der Waals surface area (Å²) in [5.41, 5.74) is 8.86. The smallest absolute Gasteiger partial charge is 0.106 e. The molecule has 0 saturated heterocycles. The van der Waals surface area contributed by atoms with Gasteiger partial charge in [0.15, 0.2) is 0 Å². The van der Waals surface area contributed by atoms with Gasteiger partial charge in [-0.1, -0.05) is 6.07 Å². The van der Waals surface area contributed by atoms with Gasteiger partial charge in [-0.3, -0.25) is 9.97 Å². The Labute approximate surface area is 325 Å². The zero-order chi connectivity index (χ0) is 37.3. The summed E-state index contributed by atoms with van der Waals surface area (Å²) in [6.45, 7) is 15.4. The van der Waals surface area contributed by atoms with Crippen LogP contribution in [0, 0.1) is 27.7 Å². The van der Waals surface area contributed by atoms with E-state index in [2.05, 4.69) is 143 Å². The summed E-state index contributed by atoms with van der Waals surface area (Å²) in [5.74, 6) is 0. The molecule has 0 aromatic carbocycles. The second-order valence-electron chi connectivity index (χ2n) is 13.7. The molecule has 6 rings (SSSR count). The molecule has 0 unspecified atom stereocenters. The number of hydrogen-bond acceptors (Lipinski definition) is 4. The van der Waals surface area contributed by atoms with Crippen LogP contribution in [-0.4, -0.2) is 47.4 Å². The molecule has 0 N–H and O–H groups in total. The summed E-state index contributed by atoms with van der Waals surface area (Å²) >= 11 is 1.12. The van der Waals surface area contributed by atoms with Gasteiger partial charge in [-0.15, -0.1) is 0 Å². The summed E-state index contributed by atoms with van der Waals surface area (Å²) in [4.78, 5) is 17.8. The van der Waals surface area contributed by atoms with Crippen LogP contribution in [0.3, 0.4) is 0 Å². The standard InChI is InChI=1S/C16H15N3.C11H11BrN2.C5H4N.3C4H9.Sn/c1-12-6-7-13(2)19(12)14-8-9-16(18-11-14)15-5-3-4-10-17-15;1-8-3-4-9(2)14(8)10-5-6-11(12)13-7-10;1-2-4-6-5-3-1;3*1-3-4-2;/h3-11H,1-2H3;3-7H,1-2H3;1-4H;3*1,3-4H2,2H3;. The molecule has 0 atom stereocenters. The summed E-state index contributed by atoms with van der Waals surface area (Å²) in [5, 5.41) is 0. The van der Waals surface area contributed by atoms with E-state index in [0.29, 0.717) is 0 Å². The first-order valence-corrected chi connectivity index (χ1v) is 27.2. The van der Waals surface area contributed by atoms with Gasteiger partial charge >= 0.3 is 124 Å². The van der Waals surface area contributed by atoms with E-state index in [1.165, 1.54) is 74.6 Å². The van der Waals surface area contributed by atoms with E-state index in [9.17, 15) is 0 Å². The molecule has 0 amide bonds. The quantitative estimate of drug-likeness (QED) is 0.0857. The molecule has 6 aromatic rings. The van der Waals surface area contributed by atoms with E-state index >= 15 is 0 Å². The topological polar surface area (TPSA) is 61.4 Å².